The van der Waals surface area contributed by atoms with Crippen molar-refractivity contribution in [3.05, 3.63) is 52.7 Å². The molecule has 2 atom stereocenters. The lowest BCUT2D eigenvalue weighted by Crippen LogP contribution is -2.25. The van der Waals surface area contributed by atoms with Gasteiger partial charge in [0.1, 0.15) is 24.5 Å². The first-order valence-corrected chi connectivity index (χ1v) is 14.7. The maximum absolute atomic E-state index is 14.5. The zero-order valence-corrected chi connectivity index (χ0v) is 20.0. The number of aromatic nitrogens is 3. The highest BCUT2D eigenvalue weighted by Crippen LogP contribution is 2.41. The van der Waals surface area contributed by atoms with Crippen molar-refractivity contribution < 1.29 is 17.9 Å². The van der Waals surface area contributed by atoms with Gasteiger partial charge in [-0.1, -0.05) is 31.2 Å². The molecule has 0 radical (unpaired) electrons. The molecule has 3 heterocycles. The molecule has 172 valence electrons. The molecule has 0 amide bonds. The molecule has 32 heavy (non-hydrogen) atoms. The summed E-state index contributed by atoms with van der Waals surface area (Å²) in [6, 6.07) is 5.25. The zero-order chi connectivity index (χ0) is 23.0. The monoisotopic (exact) mass is 482 g/mol. The summed E-state index contributed by atoms with van der Waals surface area (Å²) < 4.78 is 50.3. The Hall–Kier alpha value is -2.10. The van der Waals surface area contributed by atoms with E-state index in [0.717, 1.165) is 24.2 Å². The van der Waals surface area contributed by atoms with E-state index in [2.05, 4.69) is 29.7 Å². The average molecular weight is 483 g/mol. The van der Waals surface area contributed by atoms with Gasteiger partial charge in [0.2, 0.25) is 0 Å². The fourth-order valence-corrected chi connectivity index (χ4v) is 4.85. The summed E-state index contributed by atoms with van der Waals surface area (Å²) in [5.74, 6) is -0.720. The van der Waals surface area contributed by atoms with Crippen molar-refractivity contribution in [2.75, 3.05) is 18.1 Å². The quantitative estimate of drug-likeness (QED) is 0.307. The van der Waals surface area contributed by atoms with Gasteiger partial charge in [0.25, 0.3) is 0 Å². The summed E-state index contributed by atoms with van der Waals surface area (Å²) in [5.41, 5.74) is 0.646. The minimum absolute atomic E-state index is 0.00965. The van der Waals surface area contributed by atoms with Crippen molar-refractivity contribution in [3.63, 3.8) is 0 Å². The summed E-state index contributed by atoms with van der Waals surface area (Å²) in [7, 11) is -1.24. The van der Waals surface area contributed by atoms with Gasteiger partial charge in [-0.15, -0.1) is 0 Å². The van der Waals surface area contributed by atoms with Crippen molar-refractivity contribution in [2.45, 2.75) is 51.1 Å². The van der Waals surface area contributed by atoms with Crippen molar-refractivity contribution in [3.8, 4) is 0 Å². The first-order valence-electron chi connectivity index (χ1n) is 10.6. The van der Waals surface area contributed by atoms with Crippen LogP contribution in [0.3, 0.4) is 0 Å². The van der Waals surface area contributed by atoms with Crippen molar-refractivity contribution in [1.82, 2.24) is 14.8 Å². The molecule has 4 rings (SSSR count). The highest BCUT2D eigenvalue weighted by atomic mass is 35.5. The van der Waals surface area contributed by atoms with E-state index in [1.807, 2.05) is 0 Å². The molecule has 1 aromatic carbocycles. The Morgan fingerprint density at radius 1 is 1.22 bits per heavy atom. The third-order valence-corrected chi connectivity index (χ3v) is 7.49. The Labute approximate surface area is 191 Å². The van der Waals surface area contributed by atoms with Gasteiger partial charge in [0, 0.05) is 32.9 Å². The number of benzene rings is 1. The van der Waals surface area contributed by atoms with Gasteiger partial charge in [-0.2, -0.15) is 5.10 Å². The fourth-order valence-electron chi connectivity index (χ4n) is 3.93. The van der Waals surface area contributed by atoms with Crippen LogP contribution in [0.15, 0.2) is 30.5 Å². The van der Waals surface area contributed by atoms with E-state index >= 15 is 0 Å². The van der Waals surface area contributed by atoms with Gasteiger partial charge in [-0.25, -0.2) is 22.8 Å². The molecule has 1 aliphatic heterocycles. The van der Waals surface area contributed by atoms with Crippen LogP contribution in [0.1, 0.15) is 18.0 Å². The third-order valence-electron chi connectivity index (χ3n) is 5.58. The molecule has 1 saturated heterocycles. The Kier molecular flexibility index (Phi) is 6.51. The van der Waals surface area contributed by atoms with Gasteiger partial charge < -0.3 is 9.64 Å². The van der Waals surface area contributed by atoms with E-state index in [-0.39, 0.29) is 25.3 Å². The average Bonchev–Trinajstić information content (AvgIpc) is 3.26. The Morgan fingerprint density at radius 2 is 2.00 bits per heavy atom. The summed E-state index contributed by atoms with van der Waals surface area (Å²) in [5, 5.41) is 5.65. The maximum Gasteiger partial charge on any atom is 0.162 e. The van der Waals surface area contributed by atoms with Crippen LogP contribution in [-0.2, 0) is 11.5 Å². The van der Waals surface area contributed by atoms with E-state index in [4.69, 9.17) is 16.3 Å². The Balaban J connectivity index is 1.69. The van der Waals surface area contributed by atoms with Gasteiger partial charge in [-0.05, 0) is 30.3 Å². The molecule has 0 N–H and O–H groups in total. The summed E-state index contributed by atoms with van der Waals surface area (Å²) in [6.45, 7) is 7.61. The number of pyridine rings is 1. The van der Waals surface area contributed by atoms with Crippen LogP contribution in [0.4, 0.5) is 19.0 Å². The SMILES string of the molecule is C[Si](C)(C)CCOCn1nc(N2CC(F)CC2c2cc(F)ccc2F)c2cc(Cl)cnc21. The lowest BCUT2D eigenvalue weighted by atomic mass is 10.0. The maximum atomic E-state index is 14.5. The first kappa shape index (κ1) is 23.1. The topological polar surface area (TPSA) is 43.2 Å². The number of nitrogens with zero attached hydrogens (tertiary/aromatic N) is 4. The first-order chi connectivity index (χ1) is 15.1. The van der Waals surface area contributed by atoms with Crippen LogP contribution in [0.2, 0.25) is 30.7 Å². The van der Waals surface area contributed by atoms with E-state index < -0.39 is 31.9 Å². The van der Waals surface area contributed by atoms with E-state index in [9.17, 15) is 13.2 Å². The lowest BCUT2D eigenvalue weighted by molar-refractivity contribution is 0.0814. The number of anilines is 1. The summed E-state index contributed by atoms with van der Waals surface area (Å²) in [6.07, 6.45) is 0.345. The molecule has 0 spiro atoms. The highest BCUT2D eigenvalue weighted by Gasteiger charge is 2.37. The van der Waals surface area contributed by atoms with Gasteiger partial charge >= 0.3 is 0 Å². The summed E-state index contributed by atoms with van der Waals surface area (Å²) in [4.78, 5) is 6.06. The number of rotatable bonds is 7. The molecule has 10 heteroatoms. The van der Waals surface area contributed by atoms with Gasteiger partial charge in [-0.3, -0.25) is 0 Å². The lowest BCUT2D eigenvalue weighted by Gasteiger charge is -2.25. The molecule has 1 aliphatic rings. The Morgan fingerprint density at radius 3 is 2.75 bits per heavy atom. The molecular formula is C22H26ClF3N4OSi. The Bertz CT molecular complexity index is 1120. The number of ether oxygens (including phenoxy) is 1. The zero-order valence-electron chi connectivity index (χ0n) is 18.3. The number of fused-ring (bicyclic) bond motifs is 1. The molecule has 0 bridgehead atoms. The smallest absolute Gasteiger partial charge is 0.162 e. The number of hydrogen-bond donors (Lipinski definition) is 0. The van der Waals surface area contributed by atoms with Crippen molar-refractivity contribution >= 4 is 36.5 Å². The fraction of sp³-hybridized carbons (Fsp3) is 0.455. The second-order valence-electron chi connectivity index (χ2n) is 9.36. The van der Waals surface area contributed by atoms with Crippen LogP contribution in [0, 0.1) is 11.6 Å². The van der Waals surface area contributed by atoms with Crippen molar-refractivity contribution in [2.24, 2.45) is 0 Å². The minimum Gasteiger partial charge on any atom is -0.359 e. The van der Waals surface area contributed by atoms with E-state index in [1.165, 1.54) is 6.20 Å². The molecule has 0 aliphatic carbocycles. The largest absolute Gasteiger partial charge is 0.359 e. The van der Waals surface area contributed by atoms with E-state index in [0.29, 0.717) is 28.5 Å². The predicted molar refractivity (Wildman–Crippen MR) is 123 cm³/mol. The number of halogens is 4. The van der Waals surface area contributed by atoms with E-state index in [1.54, 1.807) is 15.6 Å². The minimum atomic E-state index is -1.24. The van der Waals surface area contributed by atoms with Crippen LogP contribution < -0.4 is 4.90 Å². The molecule has 0 saturated carbocycles. The number of hydrogen-bond acceptors (Lipinski definition) is 4. The van der Waals surface area contributed by atoms with Crippen LogP contribution in [0.5, 0.6) is 0 Å². The highest BCUT2D eigenvalue weighted by molar-refractivity contribution is 6.76. The normalized spacial score (nSPS) is 19.3. The van der Waals surface area contributed by atoms with Crippen LogP contribution in [0.25, 0.3) is 11.0 Å². The van der Waals surface area contributed by atoms with Gasteiger partial charge in [0.05, 0.1) is 23.0 Å². The van der Waals surface area contributed by atoms with Gasteiger partial charge in [0.15, 0.2) is 11.5 Å². The van der Waals surface area contributed by atoms with Crippen molar-refractivity contribution in [1.29, 1.82) is 0 Å². The molecule has 2 aromatic heterocycles. The molecular weight excluding hydrogens is 457 g/mol. The predicted octanol–water partition coefficient (Wildman–Crippen LogP) is 5.96. The summed E-state index contributed by atoms with van der Waals surface area (Å²) >= 11 is 6.18. The second kappa shape index (κ2) is 9.03. The number of alkyl halides is 1. The second-order valence-corrected chi connectivity index (χ2v) is 15.4. The van der Waals surface area contributed by atoms with Crippen LogP contribution in [-0.4, -0.2) is 42.2 Å². The molecule has 2 unspecified atom stereocenters. The molecule has 5 nitrogen and oxygen atoms in total. The standard InChI is InChI=1S/C22H26ClF3N4OSi/c1-32(2,3)7-6-31-13-30-21-18(8-14(23)11-27-21)22(28-30)29-12-16(25)10-20(29)17-9-15(24)4-5-19(17)26/h4-5,8-9,11,16,20H,6-7,10,12-13H2,1-3H3. The van der Waals surface area contributed by atoms with Crippen LogP contribution >= 0.6 is 11.6 Å². The third kappa shape index (κ3) is 4.94. The molecule has 1 fully saturated rings. The molecule has 3 aromatic rings.